The quantitative estimate of drug-likeness (QED) is 0.875. The number of hydrogen-bond donors (Lipinski definition) is 2. The number of nitrogens with zero attached hydrogens (tertiary/aromatic N) is 1. The maximum atomic E-state index is 11.2. The van der Waals surface area contributed by atoms with Gasteiger partial charge < -0.3 is 10.4 Å². The SMILES string of the molecule is CC(C)C(Nc1cnccc1C(=O)O)c1cccs1. The van der Waals surface area contributed by atoms with Gasteiger partial charge in [-0.3, -0.25) is 4.98 Å². The highest BCUT2D eigenvalue weighted by Crippen LogP contribution is 2.30. The molecule has 0 aliphatic rings. The Hall–Kier alpha value is -1.88. The van der Waals surface area contributed by atoms with Crippen LogP contribution >= 0.6 is 11.3 Å². The normalized spacial score (nSPS) is 12.4. The average molecular weight is 276 g/mol. The Bertz CT molecular complexity index is 552. The molecule has 2 rings (SSSR count). The largest absolute Gasteiger partial charge is 0.478 e. The molecule has 4 nitrogen and oxygen atoms in total. The molecule has 0 amide bonds. The Morgan fingerprint density at radius 1 is 1.42 bits per heavy atom. The van der Waals surface area contributed by atoms with Crippen LogP contribution in [0.5, 0.6) is 0 Å². The minimum atomic E-state index is -0.946. The minimum Gasteiger partial charge on any atom is -0.478 e. The zero-order valence-corrected chi connectivity index (χ0v) is 11.6. The highest BCUT2D eigenvalue weighted by Gasteiger charge is 2.19. The lowest BCUT2D eigenvalue weighted by Gasteiger charge is -2.23. The lowest BCUT2D eigenvalue weighted by Crippen LogP contribution is -2.17. The molecule has 0 saturated heterocycles. The van der Waals surface area contributed by atoms with Gasteiger partial charge in [-0.15, -0.1) is 11.3 Å². The van der Waals surface area contributed by atoms with E-state index < -0.39 is 5.97 Å². The first kappa shape index (κ1) is 13.5. The summed E-state index contributed by atoms with van der Waals surface area (Å²) in [5.41, 5.74) is 0.805. The van der Waals surface area contributed by atoms with Crippen LogP contribution < -0.4 is 5.32 Å². The molecule has 0 spiro atoms. The number of thiophene rings is 1. The summed E-state index contributed by atoms with van der Waals surface area (Å²) in [7, 11) is 0. The van der Waals surface area contributed by atoms with Gasteiger partial charge in [0.1, 0.15) is 0 Å². The van der Waals surface area contributed by atoms with Crippen molar-refractivity contribution >= 4 is 23.0 Å². The van der Waals surface area contributed by atoms with Crippen LogP contribution in [0, 0.1) is 5.92 Å². The van der Waals surface area contributed by atoms with Crippen LogP contribution in [0.25, 0.3) is 0 Å². The summed E-state index contributed by atoms with van der Waals surface area (Å²) < 4.78 is 0. The Balaban J connectivity index is 2.30. The van der Waals surface area contributed by atoms with Crippen molar-refractivity contribution in [1.29, 1.82) is 0 Å². The first-order valence-electron chi connectivity index (χ1n) is 6.07. The lowest BCUT2D eigenvalue weighted by molar-refractivity contribution is 0.0697. The fraction of sp³-hybridized carbons (Fsp3) is 0.286. The number of rotatable bonds is 5. The van der Waals surface area contributed by atoms with Crippen molar-refractivity contribution in [2.24, 2.45) is 5.92 Å². The van der Waals surface area contributed by atoms with Gasteiger partial charge in [-0.1, -0.05) is 19.9 Å². The van der Waals surface area contributed by atoms with Crippen molar-refractivity contribution < 1.29 is 9.90 Å². The van der Waals surface area contributed by atoms with Crippen molar-refractivity contribution in [2.75, 3.05) is 5.32 Å². The number of carboxylic acid groups (broad SMARTS) is 1. The molecule has 0 saturated carbocycles. The summed E-state index contributed by atoms with van der Waals surface area (Å²) in [5.74, 6) is -0.598. The summed E-state index contributed by atoms with van der Waals surface area (Å²) >= 11 is 1.66. The first-order chi connectivity index (χ1) is 9.09. The Kier molecular flexibility index (Phi) is 4.16. The fourth-order valence-corrected chi connectivity index (χ4v) is 2.85. The highest BCUT2D eigenvalue weighted by atomic mass is 32.1. The monoisotopic (exact) mass is 276 g/mol. The van der Waals surface area contributed by atoms with Crippen LogP contribution in [0.2, 0.25) is 0 Å². The van der Waals surface area contributed by atoms with Crippen LogP contribution in [0.15, 0.2) is 36.0 Å². The van der Waals surface area contributed by atoms with E-state index in [2.05, 4.69) is 30.2 Å². The summed E-state index contributed by atoms with van der Waals surface area (Å²) in [4.78, 5) is 16.4. The zero-order chi connectivity index (χ0) is 13.8. The van der Waals surface area contributed by atoms with Gasteiger partial charge in [0.25, 0.3) is 0 Å². The molecule has 2 aromatic heterocycles. The second kappa shape index (κ2) is 5.84. The number of aromatic nitrogens is 1. The van der Waals surface area contributed by atoms with E-state index in [1.165, 1.54) is 17.1 Å². The predicted octanol–water partition coefficient (Wildman–Crippen LogP) is 3.65. The van der Waals surface area contributed by atoms with Crippen molar-refractivity contribution in [3.05, 3.63) is 46.4 Å². The first-order valence-corrected chi connectivity index (χ1v) is 6.95. The van der Waals surface area contributed by atoms with Crippen LogP contribution in [-0.4, -0.2) is 16.1 Å². The fourth-order valence-electron chi connectivity index (χ4n) is 1.90. The van der Waals surface area contributed by atoms with E-state index in [0.29, 0.717) is 11.6 Å². The standard InChI is InChI=1S/C14H16N2O2S/c1-9(2)13(12-4-3-7-19-12)16-11-8-15-6-5-10(11)14(17)18/h3-9,13,16H,1-2H3,(H,17,18). The van der Waals surface area contributed by atoms with E-state index >= 15 is 0 Å². The van der Waals surface area contributed by atoms with E-state index in [1.807, 2.05) is 11.4 Å². The molecule has 100 valence electrons. The van der Waals surface area contributed by atoms with Crippen molar-refractivity contribution in [1.82, 2.24) is 4.98 Å². The van der Waals surface area contributed by atoms with Gasteiger partial charge in [0.2, 0.25) is 0 Å². The number of nitrogens with one attached hydrogen (secondary N) is 1. The van der Waals surface area contributed by atoms with Crippen molar-refractivity contribution in [2.45, 2.75) is 19.9 Å². The minimum absolute atomic E-state index is 0.0855. The smallest absolute Gasteiger partial charge is 0.337 e. The van der Waals surface area contributed by atoms with Gasteiger partial charge in [0.05, 0.1) is 23.5 Å². The van der Waals surface area contributed by atoms with Crippen LogP contribution in [0.1, 0.15) is 35.1 Å². The highest BCUT2D eigenvalue weighted by molar-refractivity contribution is 7.10. The second-order valence-corrected chi connectivity index (χ2v) is 5.59. The van der Waals surface area contributed by atoms with Crippen molar-refractivity contribution in [3.8, 4) is 0 Å². The summed E-state index contributed by atoms with van der Waals surface area (Å²) in [5, 5.41) is 14.5. The molecule has 2 aromatic rings. The van der Waals surface area contributed by atoms with Gasteiger partial charge in [-0.25, -0.2) is 4.79 Å². The number of carboxylic acids is 1. The molecular weight excluding hydrogens is 260 g/mol. The molecule has 1 unspecified atom stereocenters. The zero-order valence-electron chi connectivity index (χ0n) is 10.8. The van der Waals surface area contributed by atoms with Crippen LogP contribution in [-0.2, 0) is 0 Å². The molecule has 0 bridgehead atoms. The van der Waals surface area contributed by atoms with Gasteiger partial charge in [0.15, 0.2) is 0 Å². The Labute approximate surface area is 116 Å². The molecule has 1 atom stereocenters. The van der Waals surface area contributed by atoms with E-state index in [-0.39, 0.29) is 11.6 Å². The molecule has 19 heavy (non-hydrogen) atoms. The molecule has 0 aliphatic heterocycles. The molecule has 0 aromatic carbocycles. The predicted molar refractivity (Wildman–Crippen MR) is 76.7 cm³/mol. The number of hydrogen-bond acceptors (Lipinski definition) is 4. The number of aromatic carboxylic acids is 1. The summed E-state index contributed by atoms with van der Waals surface area (Å²) in [6.45, 7) is 4.21. The third-order valence-electron chi connectivity index (χ3n) is 2.88. The Morgan fingerprint density at radius 3 is 2.79 bits per heavy atom. The molecule has 2 heterocycles. The van der Waals surface area contributed by atoms with Crippen LogP contribution in [0.3, 0.4) is 0 Å². The average Bonchev–Trinajstić information content (AvgIpc) is 2.89. The lowest BCUT2D eigenvalue weighted by atomic mass is 10.0. The maximum absolute atomic E-state index is 11.2. The third kappa shape index (κ3) is 3.12. The molecule has 0 aliphatic carbocycles. The van der Waals surface area contributed by atoms with E-state index in [0.717, 1.165) is 0 Å². The van der Waals surface area contributed by atoms with Gasteiger partial charge in [-0.05, 0) is 23.4 Å². The number of carbonyl (C=O) groups is 1. The maximum Gasteiger partial charge on any atom is 0.337 e. The molecule has 0 fully saturated rings. The van der Waals surface area contributed by atoms with E-state index in [9.17, 15) is 9.90 Å². The number of pyridine rings is 1. The third-order valence-corrected chi connectivity index (χ3v) is 3.83. The Morgan fingerprint density at radius 2 is 2.21 bits per heavy atom. The van der Waals surface area contributed by atoms with Crippen molar-refractivity contribution in [3.63, 3.8) is 0 Å². The topological polar surface area (TPSA) is 62.2 Å². The molecular formula is C14H16N2O2S. The van der Waals surface area contributed by atoms with Gasteiger partial charge in [0, 0.05) is 11.1 Å². The summed E-state index contributed by atoms with van der Waals surface area (Å²) in [6, 6.07) is 5.65. The van der Waals surface area contributed by atoms with E-state index in [4.69, 9.17) is 0 Å². The van der Waals surface area contributed by atoms with E-state index in [1.54, 1.807) is 17.5 Å². The summed E-state index contributed by atoms with van der Waals surface area (Å²) in [6.07, 6.45) is 3.05. The van der Waals surface area contributed by atoms with Crippen LogP contribution in [0.4, 0.5) is 5.69 Å². The van der Waals surface area contributed by atoms with Gasteiger partial charge >= 0.3 is 5.97 Å². The number of anilines is 1. The van der Waals surface area contributed by atoms with Gasteiger partial charge in [-0.2, -0.15) is 0 Å². The second-order valence-electron chi connectivity index (χ2n) is 4.61. The molecule has 5 heteroatoms. The molecule has 0 radical (unpaired) electrons. The molecule has 2 N–H and O–H groups in total.